The zero-order valence-electron chi connectivity index (χ0n) is 19.6. The van der Waals surface area contributed by atoms with E-state index in [-0.39, 0.29) is 37.2 Å². The second-order valence-corrected chi connectivity index (χ2v) is 13.2. The number of allylic oxidation sites excluding steroid dienone is 4. The predicted octanol–water partition coefficient (Wildman–Crippen LogP) is 6.43. The average molecular weight is 551 g/mol. The van der Waals surface area contributed by atoms with Crippen LogP contribution in [0.5, 0.6) is 0 Å². The van der Waals surface area contributed by atoms with Crippen LogP contribution < -0.4 is 15.6 Å². The third-order valence-electron chi connectivity index (χ3n) is 6.31. The van der Waals surface area contributed by atoms with Crippen molar-refractivity contribution in [3.63, 3.8) is 0 Å². The van der Waals surface area contributed by atoms with Gasteiger partial charge in [-0.05, 0) is 0 Å². The molecule has 0 aliphatic heterocycles. The molecule has 0 aromatic heterocycles. The van der Waals surface area contributed by atoms with Crippen molar-refractivity contribution < 1.29 is 20.4 Å². The van der Waals surface area contributed by atoms with Crippen LogP contribution in [-0.4, -0.2) is 8.07 Å². The zero-order chi connectivity index (χ0) is 21.3. The van der Waals surface area contributed by atoms with Crippen molar-refractivity contribution in [1.29, 1.82) is 0 Å². The van der Waals surface area contributed by atoms with Gasteiger partial charge in [-0.15, -0.1) is 37.2 Å². The van der Waals surface area contributed by atoms with E-state index in [0.29, 0.717) is 0 Å². The fraction of sp³-hybridized carbons (Fsp3) is 0.214. The summed E-state index contributed by atoms with van der Waals surface area (Å²) in [5.74, 6) is 0. The molecule has 0 saturated carbocycles. The molecule has 0 unspecified atom stereocenters. The fourth-order valence-corrected chi connectivity index (χ4v) is 11.3. The first kappa shape index (κ1) is 30.0. The average Bonchev–Trinajstić information content (AvgIpc) is 3.10. The third kappa shape index (κ3) is 5.61. The van der Waals surface area contributed by atoms with Gasteiger partial charge in [0.2, 0.25) is 0 Å². The monoisotopic (exact) mass is 549 g/mol. The van der Waals surface area contributed by atoms with E-state index in [2.05, 4.69) is 127 Å². The Morgan fingerprint density at radius 2 is 1.09 bits per heavy atom. The Kier molecular flexibility index (Phi) is 11.4. The van der Waals surface area contributed by atoms with Gasteiger partial charge in [0.25, 0.3) is 0 Å². The summed E-state index contributed by atoms with van der Waals surface area (Å²) in [4.78, 5) is 0. The third-order valence-corrected chi connectivity index (χ3v) is 11.9. The molecular weight excluding hydrogens is 519 g/mol. The first-order valence-electron chi connectivity index (χ1n) is 10.8. The summed E-state index contributed by atoms with van der Waals surface area (Å²) < 4.78 is 1.54. The molecule has 0 radical (unpaired) electrons. The van der Waals surface area contributed by atoms with Crippen LogP contribution in [0, 0.1) is 20.8 Å². The van der Waals surface area contributed by atoms with Crippen LogP contribution in [0.4, 0.5) is 0 Å². The van der Waals surface area contributed by atoms with Crippen LogP contribution in [0.2, 0.25) is 0 Å². The molecule has 0 atom stereocenters. The second-order valence-electron chi connectivity index (χ2n) is 8.49. The SMILES string of the molecule is CCC1=[C]([Ti])CC=C1[Si](c1cccc(C)c1)(c1cccc(C)c1)c1cccc(C)c1.Cl.Cl.Cl. The van der Waals surface area contributed by atoms with Crippen molar-refractivity contribution in [2.24, 2.45) is 0 Å². The molecule has 3 aromatic rings. The summed E-state index contributed by atoms with van der Waals surface area (Å²) in [5, 5.41) is 6.08. The molecule has 0 bridgehead atoms. The standard InChI is InChI=1S/C28H29Si.3ClH.Ti/c1-5-24-13-9-17-28(24)29(25-14-6-10-21(2)18-25,26-15-7-11-22(3)19-26)27-16-8-12-23(4)20-27;;;;/h6-8,10-12,14-20H,5,9H2,1-4H3;3*1H;. The summed E-state index contributed by atoms with van der Waals surface area (Å²) in [6, 6.07) is 27.9. The smallest absolute Gasteiger partial charge is 0.147 e. The summed E-state index contributed by atoms with van der Waals surface area (Å²) in [5.41, 5.74) is 5.58. The van der Waals surface area contributed by atoms with Gasteiger partial charge < -0.3 is 0 Å². The summed E-state index contributed by atoms with van der Waals surface area (Å²) in [6.07, 6.45) is 4.72. The van der Waals surface area contributed by atoms with Gasteiger partial charge in [0.1, 0.15) is 0 Å². The van der Waals surface area contributed by atoms with Gasteiger partial charge in [-0.3, -0.25) is 0 Å². The Morgan fingerprint density at radius 3 is 1.42 bits per heavy atom. The molecule has 1 aliphatic rings. The predicted molar refractivity (Wildman–Crippen MR) is 150 cm³/mol. The first-order valence-corrected chi connectivity index (χ1v) is 13.6. The van der Waals surface area contributed by atoms with Crippen LogP contribution in [-0.2, 0) is 20.4 Å². The number of benzene rings is 3. The molecule has 0 saturated heterocycles. The van der Waals surface area contributed by atoms with Gasteiger partial charge in [-0.25, -0.2) is 0 Å². The van der Waals surface area contributed by atoms with Gasteiger partial charge in [-0.2, -0.15) is 0 Å². The molecule has 173 valence electrons. The number of hydrogen-bond acceptors (Lipinski definition) is 0. The minimum Gasteiger partial charge on any atom is -0.147 e. The topological polar surface area (TPSA) is 0 Å². The molecular formula is C28H32Cl3SiTi. The van der Waals surface area contributed by atoms with Crippen molar-refractivity contribution in [3.8, 4) is 0 Å². The maximum atomic E-state index is 2.55. The molecule has 0 N–H and O–H groups in total. The van der Waals surface area contributed by atoms with Crippen LogP contribution in [0.3, 0.4) is 0 Å². The van der Waals surface area contributed by atoms with Crippen LogP contribution in [0.25, 0.3) is 0 Å². The number of rotatable bonds is 5. The quantitative estimate of drug-likeness (QED) is 0.254. The van der Waals surface area contributed by atoms with Crippen molar-refractivity contribution in [2.45, 2.75) is 40.5 Å². The Bertz CT molecular complexity index is 1060. The Morgan fingerprint density at radius 1 is 0.697 bits per heavy atom. The molecule has 33 heavy (non-hydrogen) atoms. The van der Waals surface area contributed by atoms with Gasteiger partial charge in [0, 0.05) is 0 Å². The molecule has 0 spiro atoms. The number of hydrogen-bond donors (Lipinski definition) is 0. The van der Waals surface area contributed by atoms with Crippen molar-refractivity contribution in [2.75, 3.05) is 0 Å². The van der Waals surface area contributed by atoms with E-state index in [0.717, 1.165) is 12.8 Å². The molecule has 1 aliphatic carbocycles. The number of halogens is 3. The molecule has 4 rings (SSSR count). The van der Waals surface area contributed by atoms with E-state index >= 15 is 0 Å². The molecule has 0 fully saturated rings. The number of aryl methyl sites for hydroxylation is 3. The fourth-order valence-electron chi connectivity index (χ4n) is 5.00. The minimum absolute atomic E-state index is 0. The van der Waals surface area contributed by atoms with Gasteiger partial charge in [-0.1, -0.05) is 0 Å². The van der Waals surface area contributed by atoms with Crippen LogP contribution in [0.15, 0.2) is 93.5 Å². The van der Waals surface area contributed by atoms with E-state index in [9.17, 15) is 0 Å². The van der Waals surface area contributed by atoms with Crippen molar-refractivity contribution >= 4 is 60.9 Å². The Balaban J connectivity index is 0.00000181. The summed E-state index contributed by atoms with van der Waals surface area (Å²) >= 11 is 2.32. The van der Waals surface area contributed by atoms with Gasteiger partial charge in [0.15, 0.2) is 0 Å². The van der Waals surface area contributed by atoms with E-state index in [1.54, 1.807) is 10.8 Å². The van der Waals surface area contributed by atoms with Crippen molar-refractivity contribution in [3.05, 3.63) is 110 Å². The molecule has 5 heteroatoms. The minimum atomic E-state index is -2.41. The zero-order valence-corrected chi connectivity index (χ0v) is 24.7. The molecule has 3 aromatic carbocycles. The van der Waals surface area contributed by atoms with E-state index in [1.165, 1.54) is 36.1 Å². The Labute approximate surface area is 230 Å². The van der Waals surface area contributed by atoms with E-state index in [4.69, 9.17) is 0 Å². The molecule has 0 amide bonds. The largest absolute Gasteiger partial charge is 0.147 e. The van der Waals surface area contributed by atoms with Crippen LogP contribution >= 0.6 is 37.2 Å². The van der Waals surface area contributed by atoms with Gasteiger partial charge in [0.05, 0.1) is 0 Å². The second kappa shape index (κ2) is 12.6. The Hall–Kier alpha value is -1.06. The molecule has 0 heterocycles. The van der Waals surface area contributed by atoms with Crippen LogP contribution in [0.1, 0.15) is 36.5 Å². The molecule has 0 nitrogen and oxygen atoms in total. The normalized spacial score (nSPS) is 12.9. The maximum absolute atomic E-state index is 2.55. The van der Waals surface area contributed by atoms with Gasteiger partial charge >= 0.3 is 195 Å². The van der Waals surface area contributed by atoms with Crippen molar-refractivity contribution in [1.82, 2.24) is 0 Å². The van der Waals surface area contributed by atoms with E-state index < -0.39 is 8.07 Å². The summed E-state index contributed by atoms with van der Waals surface area (Å²) in [7, 11) is -2.41. The first-order chi connectivity index (χ1) is 14.5. The van der Waals surface area contributed by atoms with E-state index in [1.807, 2.05) is 0 Å². The maximum Gasteiger partial charge on any atom is -0.147 e. The summed E-state index contributed by atoms with van der Waals surface area (Å²) in [6.45, 7) is 8.99.